The second-order valence-corrected chi connectivity index (χ2v) is 9.04. The van der Waals surface area contributed by atoms with Gasteiger partial charge in [-0.2, -0.15) is 0 Å². The smallest absolute Gasteiger partial charge is 0.257 e. The molecular formula is C29H32N4O4S. The fourth-order valence-electron chi connectivity index (χ4n) is 4.30. The number of para-hydroxylation sites is 2. The highest BCUT2D eigenvalue weighted by atomic mass is 32.1. The van der Waals surface area contributed by atoms with Crippen molar-refractivity contribution in [2.45, 2.75) is 13.8 Å². The van der Waals surface area contributed by atoms with Crippen molar-refractivity contribution in [2.75, 3.05) is 49.6 Å². The van der Waals surface area contributed by atoms with E-state index in [1.807, 2.05) is 73.3 Å². The van der Waals surface area contributed by atoms with Crippen LogP contribution < -0.4 is 25.0 Å². The molecule has 2 N–H and O–H groups in total. The molecule has 0 spiro atoms. The Morgan fingerprint density at radius 1 is 0.816 bits per heavy atom. The maximum Gasteiger partial charge on any atom is 0.257 e. The number of carbonyl (C=O) groups excluding carboxylic acids is 2. The summed E-state index contributed by atoms with van der Waals surface area (Å²) in [5.41, 5.74) is 2.81. The highest BCUT2D eigenvalue weighted by Crippen LogP contribution is 2.27. The molecule has 0 radical (unpaired) electrons. The predicted octanol–water partition coefficient (Wildman–Crippen LogP) is 4.57. The van der Waals surface area contributed by atoms with Crippen molar-refractivity contribution in [1.29, 1.82) is 0 Å². The molecule has 0 atom stereocenters. The van der Waals surface area contributed by atoms with E-state index in [9.17, 15) is 9.59 Å². The van der Waals surface area contributed by atoms with Crippen molar-refractivity contribution < 1.29 is 19.1 Å². The zero-order valence-corrected chi connectivity index (χ0v) is 22.4. The standard InChI is InChI=1S/C29H32N4O4S/c1-3-36-23-18-22(19-24(20-23)37-4-2)27(34)31-29(38)30-25-12-8-9-13-26(25)32-14-16-33(17-15-32)28(35)21-10-6-5-7-11-21/h5-13,18-20H,3-4,14-17H2,1-2H3,(H2,30,31,34,38). The van der Waals surface area contributed by atoms with E-state index < -0.39 is 0 Å². The van der Waals surface area contributed by atoms with Crippen LogP contribution in [-0.2, 0) is 0 Å². The van der Waals surface area contributed by atoms with Crippen LogP contribution in [0.1, 0.15) is 34.6 Å². The summed E-state index contributed by atoms with van der Waals surface area (Å²) in [5.74, 6) is 0.785. The monoisotopic (exact) mass is 532 g/mol. The number of carbonyl (C=O) groups is 2. The van der Waals surface area contributed by atoms with Gasteiger partial charge in [0, 0.05) is 43.4 Å². The van der Waals surface area contributed by atoms with Crippen LogP contribution in [0.2, 0.25) is 0 Å². The molecule has 1 heterocycles. The molecule has 2 amide bonds. The first-order chi connectivity index (χ1) is 18.5. The Labute approximate surface area is 228 Å². The SMILES string of the molecule is CCOc1cc(OCC)cc(C(=O)NC(=S)Nc2ccccc2N2CCN(C(=O)c3ccccc3)CC2)c1. The van der Waals surface area contributed by atoms with Crippen LogP contribution in [0.3, 0.4) is 0 Å². The van der Waals surface area contributed by atoms with E-state index in [2.05, 4.69) is 15.5 Å². The Morgan fingerprint density at radius 2 is 1.42 bits per heavy atom. The van der Waals surface area contributed by atoms with Crippen molar-refractivity contribution in [1.82, 2.24) is 10.2 Å². The van der Waals surface area contributed by atoms with Crippen molar-refractivity contribution in [3.8, 4) is 11.5 Å². The average molecular weight is 533 g/mol. The normalized spacial score (nSPS) is 13.0. The van der Waals surface area contributed by atoms with Gasteiger partial charge in [0.05, 0.1) is 24.6 Å². The molecule has 0 aromatic heterocycles. The number of ether oxygens (including phenoxy) is 2. The van der Waals surface area contributed by atoms with Gasteiger partial charge in [0.15, 0.2) is 5.11 Å². The van der Waals surface area contributed by atoms with E-state index in [-0.39, 0.29) is 16.9 Å². The Hall–Kier alpha value is -4.11. The highest BCUT2D eigenvalue weighted by Gasteiger charge is 2.23. The van der Waals surface area contributed by atoms with Gasteiger partial charge in [0.2, 0.25) is 0 Å². The van der Waals surface area contributed by atoms with Crippen LogP contribution in [0.15, 0.2) is 72.8 Å². The van der Waals surface area contributed by atoms with Gasteiger partial charge in [-0.3, -0.25) is 14.9 Å². The lowest BCUT2D eigenvalue weighted by atomic mass is 10.1. The predicted molar refractivity (Wildman–Crippen MR) is 153 cm³/mol. The van der Waals surface area contributed by atoms with Crippen molar-refractivity contribution in [2.24, 2.45) is 0 Å². The maximum absolute atomic E-state index is 13.0. The van der Waals surface area contributed by atoms with E-state index in [0.29, 0.717) is 62.0 Å². The van der Waals surface area contributed by atoms with Gasteiger partial charge in [0.25, 0.3) is 11.8 Å². The van der Waals surface area contributed by atoms with E-state index in [1.54, 1.807) is 18.2 Å². The number of amides is 2. The molecule has 1 saturated heterocycles. The minimum absolute atomic E-state index is 0.0430. The molecule has 1 aliphatic heterocycles. The van der Waals surface area contributed by atoms with Crippen molar-refractivity contribution in [3.05, 3.63) is 83.9 Å². The molecule has 8 nitrogen and oxygen atoms in total. The number of piperazine rings is 1. The molecule has 0 bridgehead atoms. The van der Waals surface area contributed by atoms with Gasteiger partial charge in [-0.05, 0) is 62.5 Å². The van der Waals surface area contributed by atoms with Crippen LogP contribution in [0.25, 0.3) is 0 Å². The van der Waals surface area contributed by atoms with Gasteiger partial charge >= 0.3 is 0 Å². The molecule has 198 valence electrons. The molecular weight excluding hydrogens is 500 g/mol. The third-order valence-electron chi connectivity index (χ3n) is 6.07. The summed E-state index contributed by atoms with van der Waals surface area (Å²) in [6.07, 6.45) is 0. The topological polar surface area (TPSA) is 83.1 Å². The Balaban J connectivity index is 1.39. The van der Waals surface area contributed by atoms with Crippen LogP contribution in [0, 0.1) is 0 Å². The number of benzene rings is 3. The molecule has 0 aliphatic carbocycles. The van der Waals surface area contributed by atoms with Crippen LogP contribution in [0.5, 0.6) is 11.5 Å². The summed E-state index contributed by atoms with van der Waals surface area (Å²) in [6, 6.07) is 22.2. The third kappa shape index (κ3) is 6.80. The lowest BCUT2D eigenvalue weighted by molar-refractivity contribution is 0.0746. The number of nitrogens with one attached hydrogen (secondary N) is 2. The first-order valence-corrected chi connectivity index (χ1v) is 13.1. The number of nitrogens with zero attached hydrogens (tertiary/aromatic N) is 2. The fraction of sp³-hybridized carbons (Fsp3) is 0.276. The van der Waals surface area contributed by atoms with E-state index in [4.69, 9.17) is 21.7 Å². The summed E-state index contributed by atoms with van der Waals surface area (Å²) in [5, 5.41) is 6.10. The Kier molecular flexibility index (Phi) is 9.16. The lowest BCUT2D eigenvalue weighted by Crippen LogP contribution is -2.49. The van der Waals surface area contributed by atoms with E-state index in [0.717, 1.165) is 11.4 Å². The lowest BCUT2D eigenvalue weighted by Gasteiger charge is -2.37. The van der Waals surface area contributed by atoms with Gasteiger partial charge in [0.1, 0.15) is 11.5 Å². The molecule has 1 aliphatic rings. The molecule has 9 heteroatoms. The van der Waals surface area contributed by atoms with Crippen LogP contribution >= 0.6 is 12.2 Å². The first-order valence-electron chi connectivity index (χ1n) is 12.7. The number of thiocarbonyl (C=S) groups is 1. The summed E-state index contributed by atoms with van der Waals surface area (Å²) in [4.78, 5) is 29.9. The van der Waals surface area contributed by atoms with Crippen LogP contribution in [0.4, 0.5) is 11.4 Å². The number of hydrogen-bond donors (Lipinski definition) is 2. The molecule has 3 aromatic rings. The van der Waals surface area contributed by atoms with Crippen molar-refractivity contribution >= 4 is 40.5 Å². The molecule has 0 saturated carbocycles. The first kappa shape index (κ1) is 26.9. The van der Waals surface area contributed by atoms with Gasteiger partial charge in [-0.25, -0.2) is 0 Å². The zero-order chi connectivity index (χ0) is 26.9. The number of anilines is 2. The third-order valence-corrected chi connectivity index (χ3v) is 6.28. The summed E-state index contributed by atoms with van der Waals surface area (Å²) in [7, 11) is 0. The van der Waals surface area contributed by atoms with E-state index >= 15 is 0 Å². The zero-order valence-electron chi connectivity index (χ0n) is 21.6. The average Bonchev–Trinajstić information content (AvgIpc) is 2.94. The van der Waals surface area contributed by atoms with Gasteiger partial charge in [-0.1, -0.05) is 30.3 Å². The molecule has 1 fully saturated rings. The summed E-state index contributed by atoms with van der Waals surface area (Å²) in [6.45, 7) is 7.30. The van der Waals surface area contributed by atoms with E-state index in [1.165, 1.54) is 0 Å². The number of rotatable bonds is 8. The highest BCUT2D eigenvalue weighted by molar-refractivity contribution is 7.80. The Morgan fingerprint density at radius 3 is 2.05 bits per heavy atom. The van der Waals surface area contributed by atoms with Gasteiger partial charge in [-0.15, -0.1) is 0 Å². The molecule has 3 aromatic carbocycles. The van der Waals surface area contributed by atoms with Crippen molar-refractivity contribution in [3.63, 3.8) is 0 Å². The molecule has 0 unspecified atom stereocenters. The molecule has 38 heavy (non-hydrogen) atoms. The maximum atomic E-state index is 13.0. The summed E-state index contributed by atoms with van der Waals surface area (Å²) < 4.78 is 11.2. The largest absolute Gasteiger partial charge is 0.494 e. The molecule has 4 rings (SSSR count). The second-order valence-electron chi connectivity index (χ2n) is 8.63. The Bertz CT molecular complexity index is 1250. The fourth-order valence-corrected chi connectivity index (χ4v) is 4.50. The minimum Gasteiger partial charge on any atom is -0.494 e. The minimum atomic E-state index is -0.365. The summed E-state index contributed by atoms with van der Waals surface area (Å²) >= 11 is 5.47. The second kappa shape index (κ2) is 12.9. The number of hydrogen-bond acceptors (Lipinski definition) is 6. The van der Waals surface area contributed by atoms with Gasteiger partial charge < -0.3 is 24.6 Å². The quantitative estimate of drug-likeness (QED) is 0.411. The van der Waals surface area contributed by atoms with Crippen LogP contribution in [-0.4, -0.2) is 61.2 Å².